The second-order valence-electron chi connectivity index (χ2n) is 4.27. The first-order chi connectivity index (χ1) is 6.75. The van der Waals surface area contributed by atoms with E-state index in [1.54, 1.807) is 0 Å². The van der Waals surface area contributed by atoms with Crippen LogP contribution in [0, 0.1) is 5.92 Å². The zero-order valence-corrected chi connectivity index (χ0v) is 8.24. The minimum Gasteiger partial charge on any atom is -0.480 e. The summed E-state index contributed by atoms with van der Waals surface area (Å²) in [6.45, 7) is 1.71. The molecule has 2 unspecified atom stereocenters. The number of carbonyl (C=O) groups is 1. The average Bonchev–Trinajstić information content (AvgIpc) is 2.75. The van der Waals surface area contributed by atoms with Crippen molar-refractivity contribution in [2.45, 2.75) is 37.8 Å². The van der Waals surface area contributed by atoms with Crippen molar-refractivity contribution >= 4 is 5.97 Å². The van der Waals surface area contributed by atoms with Crippen LogP contribution in [0.4, 0.5) is 0 Å². The highest BCUT2D eigenvalue weighted by molar-refractivity contribution is 5.73. The fraction of sp³-hybridized carbons (Fsp3) is 0.900. The molecule has 2 saturated heterocycles. The first kappa shape index (κ1) is 9.93. The Balaban J connectivity index is 1.75. The average molecular weight is 199 g/mol. The van der Waals surface area contributed by atoms with Gasteiger partial charge in [-0.15, -0.1) is 0 Å². The van der Waals surface area contributed by atoms with Crippen molar-refractivity contribution in [2.24, 2.45) is 5.92 Å². The van der Waals surface area contributed by atoms with Crippen LogP contribution in [0.2, 0.25) is 0 Å². The second-order valence-corrected chi connectivity index (χ2v) is 4.27. The predicted molar refractivity (Wildman–Crippen MR) is 51.1 cm³/mol. The van der Waals surface area contributed by atoms with Crippen LogP contribution in [0.1, 0.15) is 25.7 Å². The van der Waals surface area contributed by atoms with Gasteiger partial charge in [0.15, 0.2) is 0 Å². The van der Waals surface area contributed by atoms with Crippen molar-refractivity contribution in [1.82, 2.24) is 5.32 Å². The lowest BCUT2D eigenvalue weighted by molar-refractivity contribution is -0.139. The number of hydrogen-bond acceptors (Lipinski definition) is 3. The number of carboxylic acids is 1. The van der Waals surface area contributed by atoms with Gasteiger partial charge in [0.25, 0.3) is 0 Å². The summed E-state index contributed by atoms with van der Waals surface area (Å²) in [6.07, 6.45) is 4.47. The van der Waals surface area contributed by atoms with Crippen LogP contribution in [0.25, 0.3) is 0 Å². The Hall–Kier alpha value is -0.610. The predicted octanol–water partition coefficient (Wildman–Crippen LogP) is 0.618. The van der Waals surface area contributed by atoms with Crippen molar-refractivity contribution in [3.8, 4) is 0 Å². The zero-order valence-electron chi connectivity index (χ0n) is 8.24. The monoisotopic (exact) mass is 199 g/mol. The van der Waals surface area contributed by atoms with Gasteiger partial charge in [0.2, 0.25) is 0 Å². The molecule has 0 spiro atoms. The van der Waals surface area contributed by atoms with E-state index in [1.807, 2.05) is 0 Å². The van der Waals surface area contributed by atoms with E-state index in [2.05, 4.69) is 5.32 Å². The fourth-order valence-corrected chi connectivity index (χ4v) is 2.38. The van der Waals surface area contributed by atoms with E-state index in [-0.39, 0.29) is 6.04 Å². The van der Waals surface area contributed by atoms with Gasteiger partial charge in [-0.25, -0.2) is 0 Å². The van der Waals surface area contributed by atoms with Crippen LogP contribution in [0.5, 0.6) is 0 Å². The quantitative estimate of drug-likeness (QED) is 0.699. The van der Waals surface area contributed by atoms with Crippen LogP contribution in [-0.4, -0.2) is 36.4 Å². The van der Waals surface area contributed by atoms with Gasteiger partial charge in [-0.1, -0.05) is 0 Å². The van der Waals surface area contributed by atoms with Crippen molar-refractivity contribution < 1.29 is 14.6 Å². The molecule has 2 rings (SSSR count). The van der Waals surface area contributed by atoms with Gasteiger partial charge in [-0.05, 0) is 38.1 Å². The van der Waals surface area contributed by atoms with E-state index in [9.17, 15) is 4.79 Å². The van der Waals surface area contributed by atoms with Crippen molar-refractivity contribution in [3.05, 3.63) is 0 Å². The minimum atomic E-state index is -0.722. The molecule has 0 aromatic heterocycles. The van der Waals surface area contributed by atoms with E-state index in [0.717, 1.165) is 38.8 Å². The summed E-state index contributed by atoms with van der Waals surface area (Å²) in [7, 11) is 0. The summed E-state index contributed by atoms with van der Waals surface area (Å²) in [5.41, 5.74) is 0. The summed E-state index contributed by atoms with van der Waals surface area (Å²) in [4.78, 5) is 10.7. The van der Waals surface area contributed by atoms with Crippen molar-refractivity contribution in [2.75, 3.05) is 13.2 Å². The molecule has 0 saturated carbocycles. The number of aliphatic carboxylic acids is 1. The molecule has 80 valence electrons. The van der Waals surface area contributed by atoms with E-state index in [1.165, 1.54) is 0 Å². The second kappa shape index (κ2) is 4.28. The molecule has 3 atom stereocenters. The molecule has 2 aliphatic rings. The van der Waals surface area contributed by atoms with Gasteiger partial charge in [-0.2, -0.15) is 0 Å². The lowest BCUT2D eigenvalue weighted by Crippen LogP contribution is -2.29. The largest absolute Gasteiger partial charge is 0.480 e. The van der Waals surface area contributed by atoms with E-state index in [0.29, 0.717) is 12.0 Å². The van der Waals surface area contributed by atoms with Gasteiger partial charge in [-0.3, -0.25) is 4.79 Å². The van der Waals surface area contributed by atoms with Gasteiger partial charge >= 0.3 is 5.97 Å². The molecule has 0 aromatic carbocycles. The Morgan fingerprint density at radius 2 is 2.43 bits per heavy atom. The maximum Gasteiger partial charge on any atom is 0.320 e. The normalized spacial score (nSPS) is 37.6. The molecule has 4 heteroatoms. The Morgan fingerprint density at radius 3 is 3.00 bits per heavy atom. The molecule has 2 N–H and O–H groups in total. The third-order valence-corrected chi connectivity index (χ3v) is 3.14. The first-order valence-electron chi connectivity index (χ1n) is 5.33. The van der Waals surface area contributed by atoms with Crippen LogP contribution in [0.15, 0.2) is 0 Å². The van der Waals surface area contributed by atoms with E-state index >= 15 is 0 Å². The summed E-state index contributed by atoms with van der Waals surface area (Å²) in [6, 6.07) is -0.332. The zero-order chi connectivity index (χ0) is 9.97. The van der Waals surface area contributed by atoms with Gasteiger partial charge in [0.1, 0.15) is 6.04 Å². The van der Waals surface area contributed by atoms with E-state index in [4.69, 9.17) is 9.84 Å². The minimum absolute atomic E-state index is 0.332. The summed E-state index contributed by atoms with van der Waals surface area (Å²) >= 11 is 0. The molecule has 2 heterocycles. The van der Waals surface area contributed by atoms with Crippen LogP contribution < -0.4 is 5.32 Å². The summed E-state index contributed by atoms with van der Waals surface area (Å²) in [5, 5.41) is 11.8. The number of nitrogens with one attached hydrogen (secondary N) is 1. The molecule has 2 fully saturated rings. The molecule has 2 aliphatic heterocycles. The maximum absolute atomic E-state index is 10.7. The highest BCUT2D eigenvalue weighted by atomic mass is 16.5. The van der Waals surface area contributed by atoms with Crippen LogP contribution in [-0.2, 0) is 9.53 Å². The molecule has 0 aliphatic carbocycles. The summed E-state index contributed by atoms with van der Waals surface area (Å²) in [5.74, 6) is -0.237. The third-order valence-electron chi connectivity index (χ3n) is 3.14. The molecule has 4 nitrogen and oxygen atoms in total. The Kier molecular flexibility index (Phi) is 3.03. The lowest BCUT2D eigenvalue weighted by Gasteiger charge is -2.13. The maximum atomic E-state index is 10.7. The topological polar surface area (TPSA) is 58.6 Å². The van der Waals surface area contributed by atoms with Crippen LogP contribution in [0.3, 0.4) is 0 Å². The highest BCUT2D eigenvalue weighted by Gasteiger charge is 2.31. The molecule has 14 heavy (non-hydrogen) atoms. The molecule has 0 amide bonds. The number of carboxylic acid groups (broad SMARTS) is 1. The van der Waals surface area contributed by atoms with Crippen molar-refractivity contribution in [3.63, 3.8) is 0 Å². The molecular formula is C10H17NO3. The van der Waals surface area contributed by atoms with Gasteiger partial charge in [0.05, 0.1) is 6.10 Å². The van der Waals surface area contributed by atoms with Gasteiger partial charge in [0, 0.05) is 6.61 Å². The lowest BCUT2D eigenvalue weighted by atomic mass is 9.97. The SMILES string of the molecule is O=C(O)[C@@H]1CC(CC2CCCO2)CN1. The van der Waals surface area contributed by atoms with Gasteiger partial charge < -0.3 is 15.2 Å². The van der Waals surface area contributed by atoms with E-state index < -0.39 is 5.97 Å². The smallest absolute Gasteiger partial charge is 0.320 e. The molecule has 0 radical (unpaired) electrons. The third kappa shape index (κ3) is 2.25. The first-order valence-corrected chi connectivity index (χ1v) is 5.33. The Bertz CT molecular complexity index is 213. The standard InChI is InChI=1S/C10H17NO3/c12-10(13)9-5-7(6-11-9)4-8-2-1-3-14-8/h7-9,11H,1-6H2,(H,12,13)/t7?,8?,9-/m0/s1. The molecular weight excluding hydrogens is 182 g/mol. The number of hydrogen-bond donors (Lipinski definition) is 2. The highest BCUT2D eigenvalue weighted by Crippen LogP contribution is 2.25. The number of ether oxygens (including phenoxy) is 1. The summed E-state index contributed by atoms with van der Waals surface area (Å²) < 4.78 is 5.54. The molecule has 0 bridgehead atoms. The van der Waals surface area contributed by atoms with Crippen molar-refractivity contribution in [1.29, 1.82) is 0 Å². The Labute approximate surface area is 83.6 Å². The fourth-order valence-electron chi connectivity index (χ4n) is 2.38. The van der Waals surface area contributed by atoms with Crippen LogP contribution >= 0.6 is 0 Å². The number of rotatable bonds is 3. The Morgan fingerprint density at radius 1 is 1.57 bits per heavy atom. The molecule has 0 aromatic rings.